The molecular weight excluding hydrogens is 482 g/mol. The summed E-state index contributed by atoms with van der Waals surface area (Å²) in [6.07, 6.45) is 0. The third-order valence-electron chi connectivity index (χ3n) is 4.40. The van der Waals surface area contributed by atoms with Gasteiger partial charge in [-0.15, -0.1) is 0 Å². The smallest absolute Gasteiger partial charge is 0.283 e. The van der Waals surface area contributed by atoms with Crippen molar-refractivity contribution in [1.82, 2.24) is 0 Å². The minimum absolute atomic E-state index is 0.00521. The van der Waals surface area contributed by atoms with Gasteiger partial charge < -0.3 is 10.2 Å². The summed E-state index contributed by atoms with van der Waals surface area (Å²) >= 11 is 25.0. The minimum atomic E-state index is -5.04. The van der Waals surface area contributed by atoms with Gasteiger partial charge >= 0.3 is 0 Å². The van der Waals surface area contributed by atoms with Crippen LogP contribution in [0.3, 0.4) is 0 Å². The van der Waals surface area contributed by atoms with Crippen LogP contribution in [-0.4, -0.2) is 23.2 Å². The molecule has 0 radical (unpaired) electrons. The predicted molar refractivity (Wildman–Crippen MR) is 114 cm³/mol. The first kappa shape index (κ1) is 22.0. The van der Waals surface area contributed by atoms with Crippen molar-refractivity contribution in [2.45, 2.75) is 4.75 Å². The zero-order valence-corrected chi connectivity index (χ0v) is 18.1. The molecule has 152 valence electrons. The van der Waals surface area contributed by atoms with Gasteiger partial charge in [-0.05, 0) is 41.5 Å². The zero-order valence-electron chi connectivity index (χ0n) is 14.3. The predicted octanol–water partition coefficient (Wildman–Crippen LogP) is 5.89. The second-order valence-corrected chi connectivity index (χ2v) is 9.23. The Bertz CT molecular complexity index is 1100. The van der Waals surface area contributed by atoms with Crippen LogP contribution in [0.25, 0.3) is 0 Å². The monoisotopic (exact) mass is 492 g/mol. The summed E-state index contributed by atoms with van der Waals surface area (Å²) < 4.78 is 34.1. The molecule has 0 spiro atoms. The first-order chi connectivity index (χ1) is 13.5. The Kier molecular flexibility index (Phi) is 5.98. The van der Waals surface area contributed by atoms with Crippen molar-refractivity contribution in [1.29, 1.82) is 0 Å². The summed E-state index contributed by atoms with van der Waals surface area (Å²) in [6, 6.07) is 11.4. The molecular formula is C19H12Cl4O5S. The SMILES string of the molecule is O=S(=O)(O)C(c1ccc(O)cc1)(c1ccc(O)cc1)c1c(Cl)c(Cl)cc(Cl)c1Cl. The fraction of sp³-hybridized carbons (Fsp3) is 0.0526. The number of rotatable bonds is 4. The largest absolute Gasteiger partial charge is 0.508 e. The maximum absolute atomic E-state index is 13.0. The molecule has 3 N–H and O–H groups in total. The Morgan fingerprint density at radius 2 is 1.03 bits per heavy atom. The lowest BCUT2D eigenvalue weighted by Crippen LogP contribution is -2.39. The first-order valence-corrected chi connectivity index (χ1v) is 10.8. The molecule has 0 saturated heterocycles. The van der Waals surface area contributed by atoms with E-state index in [2.05, 4.69) is 0 Å². The third-order valence-corrected chi connectivity index (χ3v) is 7.42. The highest BCUT2D eigenvalue weighted by molar-refractivity contribution is 7.87. The molecule has 3 aromatic carbocycles. The Balaban J connectivity index is 2.61. The highest BCUT2D eigenvalue weighted by Crippen LogP contribution is 2.52. The van der Waals surface area contributed by atoms with Crippen LogP contribution in [0, 0.1) is 0 Å². The minimum Gasteiger partial charge on any atom is -0.508 e. The van der Waals surface area contributed by atoms with E-state index in [9.17, 15) is 23.2 Å². The van der Waals surface area contributed by atoms with Crippen molar-refractivity contribution in [3.8, 4) is 11.5 Å². The Hall–Kier alpha value is -1.67. The molecule has 5 nitrogen and oxygen atoms in total. The average Bonchev–Trinajstić information content (AvgIpc) is 2.64. The number of hydrogen-bond acceptors (Lipinski definition) is 4. The van der Waals surface area contributed by atoms with Crippen LogP contribution in [0.4, 0.5) is 0 Å². The van der Waals surface area contributed by atoms with Crippen LogP contribution < -0.4 is 0 Å². The summed E-state index contributed by atoms with van der Waals surface area (Å²) in [4.78, 5) is 0. The van der Waals surface area contributed by atoms with Crippen molar-refractivity contribution >= 4 is 56.5 Å². The Morgan fingerprint density at radius 1 is 0.690 bits per heavy atom. The van der Waals surface area contributed by atoms with Crippen LogP contribution in [0.2, 0.25) is 20.1 Å². The normalized spacial score (nSPS) is 12.2. The maximum Gasteiger partial charge on any atom is 0.283 e. The van der Waals surface area contributed by atoms with Gasteiger partial charge in [0.2, 0.25) is 0 Å². The van der Waals surface area contributed by atoms with Crippen LogP contribution in [0.15, 0.2) is 54.6 Å². The number of hydrogen-bond donors (Lipinski definition) is 3. The quantitative estimate of drug-likeness (QED) is 0.239. The van der Waals surface area contributed by atoms with E-state index in [1.807, 2.05) is 0 Å². The van der Waals surface area contributed by atoms with E-state index < -0.39 is 14.9 Å². The van der Waals surface area contributed by atoms with E-state index >= 15 is 0 Å². The molecule has 29 heavy (non-hydrogen) atoms. The summed E-state index contributed by atoms with van der Waals surface area (Å²) in [5, 5.41) is 18.7. The Morgan fingerprint density at radius 3 is 1.34 bits per heavy atom. The maximum atomic E-state index is 13.0. The van der Waals surface area contributed by atoms with E-state index in [1.165, 1.54) is 54.6 Å². The molecule has 0 aliphatic rings. The molecule has 10 heteroatoms. The molecule has 0 aliphatic carbocycles. The van der Waals surface area contributed by atoms with E-state index in [-0.39, 0.29) is 48.3 Å². The van der Waals surface area contributed by atoms with Crippen LogP contribution in [-0.2, 0) is 14.9 Å². The standard InChI is InChI=1S/C19H12Cl4O5S/c20-14-9-15(21)18(23)16(17(14)22)19(29(26,27)28,10-1-5-12(24)6-2-10)11-3-7-13(25)8-4-11/h1-9,24-25H,(H,26,27,28). The number of phenols is 2. The fourth-order valence-electron chi connectivity index (χ4n) is 3.16. The number of phenolic OH excluding ortho intramolecular Hbond substituents is 2. The van der Waals surface area contributed by atoms with Gasteiger partial charge in [-0.2, -0.15) is 8.42 Å². The highest BCUT2D eigenvalue weighted by Gasteiger charge is 2.51. The lowest BCUT2D eigenvalue weighted by molar-refractivity contribution is 0.456. The van der Waals surface area contributed by atoms with Gasteiger partial charge in [0.1, 0.15) is 11.5 Å². The first-order valence-electron chi connectivity index (χ1n) is 7.89. The van der Waals surface area contributed by atoms with Crippen LogP contribution in [0.1, 0.15) is 16.7 Å². The van der Waals surface area contributed by atoms with Gasteiger partial charge in [0.05, 0.1) is 20.1 Å². The second kappa shape index (κ2) is 7.87. The average molecular weight is 494 g/mol. The van der Waals surface area contributed by atoms with E-state index in [4.69, 9.17) is 46.4 Å². The third kappa shape index (κ3) is 3.65. The molecule has 0 aliphatic heterocycles. The summed E-state index contributed by atoms with van der Waals surface area (Å²) in [5.41, 5.74) is -0.256. The Labute approximate surface area is 186 Å². The van der Waals surface area contributed by atoms with Gasteiger partial charge in [-0.25, -0.2) is 0 Å². The zero-order chi connectivity index (χ0) is 21.6. The summed E-state index contributed by atoms with van der Waals surface area (Å²) in [5.74, 6) is -0.268. The number of aromatic hydroxyl groups is 2. The summed E-state index contributed by atoms with van der Waals surface area (Å²) in [6.45, 7) is 0. The molecule has 0 atom stereocenters. The molecule has 0 unspecified atom stereocenters. The van der Waals surface area contributed by atoms with Crippen LogP contribution >= 0.6 is 46.4 Å². The lowest BCUT2D eigenvalue weighted by Gasteiger charge is -2.34. The molecule has 3 rings (SSSR count). The number of halogens is 4. The van der Waals surface area contributed by atoms with Crippen molar-refractivity contribution < 1.29 is 23.2 Å². The molecule has 3 aromatic rings. The second-order valence-electron chi connectivity index (χ2n) is 6.09. The molecule has 0 amide bonds. The van der Waals surface area contributed by atoms with Gasteiger partial charge in [0, 0.05) is 5.56 Å². The van der Waals surface area contributed by atoms with Crippen molar-refractivity contribution in [3.05, 3.63) is 91.4 Å². The molecule has 0 saturated carbocycles. The molecule has 0 fully saturated rings. The number of benzene rings is 3. The lowest BCUT2D eigenvalue weighted by atomic mass is 9.83. The topological polar surface area (TPSA) is 94.8 Å². The van der Waals surface area contributed by atoms with Crippen molar-refractivity contribution in [2.24, 2.45) is 0 Å². The fourth-order valence-corrected chi connectivity index (χ4v) is 5.69. The van der Waals surface area contributed by atoms with Gasteiger partial charge in [-0.1, -0.05) is 70.7 Å². The van der Waals surface area contributed by atoms with Crippen molar-refractivity contribution in [3.63, 3.8) is 0 Å². The van der Waals surface area contributed by atoms with Crippen LogP contribution in [0.5, 0.6) is 11.5 Å². The van der Waals surface area contributed by atoms with E-state index in [0.717, 1.165) is 0 Å². The highest BCUT2D eigenvalue weighted by atomic mass is 35.5. The van der Waals surface area contributed by atoms with Gasteiger partial charge in [-0.3, -0.25) is 4.55 Å². The van der Waals surface area contributed by atoms with Crippen molar-refractivity contribution in [2.75, 3.05) is 0 Å². The molecule has 0 heterocycles. The molecule has 0 aromatic heterocycles. The van der Waals surface area contributed by atoms with Gasteiger partial charge in [0.15, 0.2) is 4.75 Å². The van der Waals surface area contributed by atoms with E-state index in [1.54, 1.807) is 0 Å². The van der Waals surface area contributed by atoms with Gasteiger partial charge in [0.25, 0.3) is 10.1 Å². The van der Waals surface area contributed by atoms with E-state index in [0.29, 0.717) is 0 Å². The molecule has 0 bridgehead atoms. The summed E-state index contributed by atoms with van der Waals surface area (Å²) in [7, 11) is -5.04.